The van der Waals surface area contributed by atoms with Crippen LogP contribution >= 0.6 is 14.9 Å². The van der Waals surface area contributed by atoms with E-state index in [0.717, 1.165) is 31.8 Å². The van der Waals surface area contributed by atoms with Gasteiger partial charge < -0.3 is 9.05 Å². The molecule has 0 fully saturated rings. The van der Waals surface area contributed by atoms with Crippen molar-refractivity contribution in [2.24, 2.45) is 0 Å². The summed E-state index contributed by atoms with van der Waals surface area (Å²) >= 11 is 0. The smallest absolute Gasteiger partial charge is 0.308 e. The predicted molar refractivity (Wildman–Crippen MR) is 213 cm³/mol. The summed E-state index contributed by atoms with van der Waals surface area (Å²) in [6, 6.07) is 0. The molecule has 0 saturated heterocycles. The molecule has 0 aliphatic carbocycles. The predicted octanol–water partition coefficient (Wildman–Crippen LogP) is 15.2. The molecule has 274 valence electrons. The van der Waals surface area contributed by atoms with Gasteiger partial charge in [0.2, 0.25) is 0 Å². The first-order valence-corrected chi connectivity index (χ1v) is 25.4. The second-order valence-corrected chi connectivity index (χ2v) is 22.1. The third kappa shape index (κ3) is 36.9. The van der Waals surface area contributed by atoms with Crippen molar-refractivity contribution in [1.82, 2.24) is 0 Å². The molecule has 0 radical (unpaired) electrons. The second-order valence-electron chi connectivity index (χ2n) is 14.9. The Kier molecular flexibility index (Phi) is 35.0. The monoisotopic (exact) mass is 686 g/mol. The molecule has 46 heavy (non-hydrogen) atoms. The fourth-order valence-electron chi connectivity index (χ4n) is 5.70. The lowest BCUT2D eigenvalue weighted by molar-refractivity contribution is 0.198. The maximum Gasteiger partial charge on any atom is 0.334 e. The van der Waals surface area contributed by atoms with Gasteiger partial charge in [0.1, 0.15) is 0 Å². The summed E-state index contributed by atoms with van der Waals surface area (Å²) < 4.78 is 25.6. The molecule has 0 aromatic carbocycles. The van der Waals surface area contributed by atoms with Gasteiger partial charge in [0.05, 0.1) is 25.5 Å². The first kappa shape index (κ1) is 46.1. The van der Waals surface area contributed by atoms with Crippen LogP contribution in [0.25, 0.3) is 0 Å². The van der Waals surface area contributed by atoms with E-state index in [2.05, 4.69) is 58.1 Å². The standard InChI is InChI=1S/C41H83O3P2/c1-6-8-10-12-14-16-18-20-22-24-26-28-30-32-34-36-38-43-46(42,41-40-45(3,4)5)44-39-37-35-33-31-29-27-25-23-21-19-17-15-13-11-9-7-2/h20-23H,6-19,24-41H2,1-5H3/q+1/b22-20+,23-21+. The summed E-state index contributed by atoms with van der Waals surface area (Å²) in [5.74, 6) is 0. The highest BCUT2D eigenvalue weighted by molar-refractivity contribution is 7.74. The van der Waals surface area contributed by atoms with Gasteiger partial charge in [-0.15, -0.1) is 0 Å². The molecule has 0 amide bonds. The number of hydrogen-bond donors (Lipinski definition) is 0. The van der Waals surface area contributed by atoms with Gasteiger partial charge in [0, 0.05) is 27.3 Å². The molecule has 0 aliphatic rings. The average molecular weight is 686 g/mol. The largest absolute Gasteiger partial charge is 0.334 e. The molecule has 0 rings (SSSR count). The van der Waals surface area contributed by atoms with Gasteiger partial charge in [-0.05, 0) is 64.2 Å². The SMILES string of the molecule is CCCCCCCC/C=C/CCCCCCCCOP(=O)(CC[P+](C)(C)C)OCCCCCCCC/C=C/CCCCCCCC. The molecule has 0 unspecified atom stereocenters. The Bertz CT molecular complexity index is 665. The lowest BCUT2D eigenvalue weighted by Crippen LogP contribution is -2.07. The zero-order chi connectivity index (χ0) is 33.9. The van der Waals surface area contributed by atoms with Crippen LogP contribution in [0.15, 0.2) is 24.3 Å². The topological polar surface area (TPSA) is 35.5 Å². The first-order valence-electron chi connectivity index (χ1n) is 20.3. The van der Waals surface area contributed by atoms with E-state index in [1.807, 2.05) is 0 Å². The van der Waals surface area contributed by atoms with Crippen LogP contribution in [-0.2, 0) is 13.6 Å². The third-order valence-corrected chi connectivity index (χ3v) is 12.8. The molecule has 0 bridgehead atoms. The van der Waals surface area contributed by atoms with E-state index in [-0.39, 0.29) is 0 Å². The van der Waals surface area contributed by atoms with E-state index in [9.17, 15) is 4.57 Å². The van der Waals surface area contributed by atoms with Crippen molar-refractivity contribution in [3.05, 3.63) is 24.3 Å². The summed E-state index contributed by atoms with van der Waals surface area (Å²) in [5, 5.41) is 0. The molecule has 0 spiro atoms. The molecule has 0 N–H and O–H groups in total. The number of unbranched alkanes of at least 4 members (excludes halogenated alkanes) is 24. The van der Waals surface area contributed by atoms with E-state index in [4.69, 9.17) is 9.05 Å². The summed E-state index contributed by atoms with van der Waals surface area (Å²) in [4.78, 5) is 0. The van der Waals surface area contributed by atoms with Gasteiger partial charge in [-0.2, -0.15) is 0 Å². The van der Waals surface area contributed by atoms with E-state index < -0.39 is 14.9 Å². The first-order chi connectivity index (χ1) is 22.3. The summed E-state index contributed by atoms with van der Waals surface area (Å²) in [6.07, 6.45) is 47.4. The van der Waals surface area contributed by atoms with Crippen molar-refractivity contribution < 1.29 is 13.6 Å². The normalized spacial score (nSPS) is 12.7. The molecule has 0 atom stereocenters. The third-order valence-electron chi connectivity index (χ3n) is 8.93. The second kappa shape index (κ2) is 34.9. The lowest BCUT2D eigenvalue weighted by atomic mass is 10.1. The van der Waals surface area contributed by atoms with Crippen LogP contribution in [0.4, 0.5) is 0 Å². The molecule has 5 heteroatoms. The van der Waals surface area contributed by atoms with Gasteiger partial charge >= 0.3 is 7.60 Å². The highest BCUT2D eigenvalue weighted by Gasteiger charge is 2.30. The highest BCUT2D eigenvalue weighted by Crippen LogP contribution is 2.55. The minimum absolute atomic E-state index is 0.578. The van der Waals surface area contributed by atoms with Gasteiger partial charge in [-0.3, -0.25) is 4.57 Å². The van der Waals surface area contributed by atoms with E-state index >= 15 is 0 Å². The van der Waals surface area contributed by atoms with Crippen molar-refractivity contribution >= 4 is 14.9 Å². The van der Waals surface area contributed by atoms with Crippen LogP contribution in [0.1, 0.15) is 194 Å². The highest BCUT2D eigenvalue weighted by atomic mass is 31.2. The van der Waals surface area contributed by atoms with Gasteiger partial charge in [0.25, 0.3) is 0 Å². The maximum absolute atomic E-state index is 13.5. The molecular formula is C41H83O3P2+. The van der Waals surface area contributed by atoms with E-state index in [1.54, 1.807) is 0 Å². The molecule has 0 aliphatic heterocycles. The zero-order valence-corrected chi connectivity index (χ0v) is 33.8. The van der Waals surface area contributed by atoms with Crippen LogP contribution in [0.2, 0.25) is 0 Å². The minimum Gasteiger partial charge on any atom is -0.308 e. The van der Waals surface area contributed by atoms with Crippen molar-refractivity contribution in [3.8, 4) is 0 Å². The number of hydrogen-bond acceptors (Lipinski definition) is 3. The Labute approximate surface area is 291 Å². The number of allylic oxidation sites excluding steroid dienone is 4. The summed E-state index contributed by atoms with van der Waals surface area (Å²) in [7, 11) is -3.99. The van der Waals surface area contributed by atoms with Gasteiger partial charge in [0.15, 0.2) is 0 Å². The minimum atomic E-state index is -2.98. The van der Waals surface area contributed by atoms with Crippen LogP contribution in [0, 0.1) is 0 Å². The van der Waals surface area contributed by atoms with Crippen LogP contribution in [0.3, 0.4) is 0 Å². The van der Waals surface area contributed by atoms with Crippen molar-refractivity contribution in [2.75, 3.05) is 45.5 Å². The van der Waals surface area contributed by atoms with Gasteiger partial charge in [-0.25, -0.2) is 0 Å². The Morgan fingerprint density at radius 1 is 0.435 bits per heavy atom. The Morgan fingerprint density at radius 2 is 0.717 bits per heavy atom. The van der Waals surface area contributed by atoms with Crippen LogP contribution < -0.4 is 0 Å². The molecule has 0 aromatic heterocycles. The number of rotatable bonds is 37. The Balaban J connectivity index is 3.85. The van der Waals surface area contributed by atoms with Crippen molar-refractivity contribution in [1.29, 1.82) is 0 Å². The average Bonchev–Trinajstić information content (AvgIpc) is 3.03. The zero-order valence-electron chi connectivity index (χ0n) is 32.1. The molecule has 3 nitrogen and oxygen atoms in total. The van der Waals surface area contributed by atoms with E-state index in [1.165, 1.54) is 154 Å². The van der Waals surface area contributed by atoms with Crippen LogP contribution in [0.5, 0.6) is 0 Å². The fourth-order valence-corrected chi connectivity index (χ4v) is 10.2. The van der Waals surface area contributed by atoms with Gasteiger partial charge in [-0.1, -0.05) is 154 Å². The molecule has 0 heterocycles. The Morgan fingerprint density at radius 3 is 1.02 bits per heavy atom. The van der Waals surface area contributed by atoms with Crippen LogP contribution in [-0.4, -0.2) is 45.5 Å². The fraction of sp³-hybridized carbons (Fsp3) is 0.902. The van der Waals surface area contributed by atoms with Crippen molar-refractivity contribution in [3.63, 3.8) is 0 Å². The summed E-state index contributed by atoms with van der Waals surface area (Å²) in [5.41, 5.74) is 0. The molecular weight excluding hydrogens is 602 g/mol. The summed E-state index contributed by atoms with van der Waals surface area (Å²) in [6.45, 7) is 12.7. The van der Waals surface area contributed by atoms with E-state index in [0.29, 0.717) is 19.4 Å². The molecule has 0 aromatic rings. The lowest BCUT2D eigenvalue weighted by Gasteiger charge is -2.20. The maximum atomic E-state index is 13.5. The quantitative estimate of drug-likeness (QED) is 0.0371. The van der Waals surface area contributed by atoms with Crippen molar-refractivity contribution in [2.45, 2.75) is 194 Å². The Hall–Kier alpha value is 0.0600. The molecule has 0 saturated carbocycles.